The van der Waals surface area contributed by atoms with Crippen LogP contribution in [-0.4, -0.2) is 0 Å². The van der Waals surface area contributed by atoms with Crippen molar-refractivity contribution >= 4 is 60.5 Å². The van der Waals surface area contributed by atoms with Gasteiger partial charge in [-0.15, -0.1) is 0 Å². The Morgan fingerprint density at radius 3 is 1.75 bits per heavy atom. The number of para-hydroxylation sites is 2. The fraction of sp³-hybridized carbons (Fsp3) is 0. The standard InChI is InChI=1S/C38H25NO/c1-3-14-27(15-4-1)39(28-16-5-2-6-17-28)29-22-23-36-35(24-29)38-33-20-10-9-19-32(33)34(25-37(38)40-36)31-21-11-13-26-12-7-8-18-30(26)31/h1-25H. The molecular weight excluding hydrogens is 486 g/mol. The van der Waals surface area contributed by atoms with E-state index in [1.165, 1.54) is 32.7 Å². The second kappa shape index (κ2) is 9.14. The summed E-state index contributed by atoms with van der Waals surface area (Å²) in [6.07, 6.45) is 0. The first-order valence-electron chi connectivity index (χ1n) is 13.6. The molecule has 2 heteroatoms. The molecule has 0 amide bonds. The predicted molar refractivity (Wildman–Crippen MR) is 169 cm³/mol. The summed E-state index contributed by atoms with van der Waals surface area (Å²) in [4.78, 5) is 2.30. The van der Waals surface area contributed by atoms with Gasteiger partial charge in [0.15, 0.2) is 0 Å². The highest BCUT2D eigenvalue weighted by Gasteiger charge is 2.18. The lowest BCUT2D eigenvalue weighted by Gasteiger charge is -2.25. The Balaban J connectivity index is 1.40. The molecule has 0 bridgehead atoms. The number of hydrogen-bond donors (Lipinski definition) is 0. The zero-order valence-electron chi connectivity index (χ0n) is 21.8. The van der Waals surface area contributed by atoms with Gasteiger partial charge in [-0.2, -0.15) is 0 Å². The molecule has 40 heavy (non-hydrogen) atoms. The third kappa shape index (κ3) is 3.58. The number of benzene rings is 7. The number of rotatable bonds is 4. The second-order valence-corrected chi connectivity index (χ2v) is 10.2. The SMILES string of the molecule is c1ccc(N(c2ccccc2)c2ccc3oc4cc(-c5cccc6ccccc56)c5ccccc5c4c3c2)cc1. The van der Waals surface area contributed by atoms with E-state index in [1.54, 1.807) is 0 Å². The maximum Gasteiger partial charge on any atom is 0.136 e. The molecule has 0 N–H and O–H groups in total. The molecule has 0 aliphatic carbocycles. The lowest BCUT2D eigenvalue weighted by Crippen LogP contribution is -2.09. The second-order valence-electron chi connectivity index (χ2n) is 10.2. The summed E-state index contributed by atoms with van der Waals surface area (Å²) in [5.74, 6) is 0. The Morgan fingerprint density at radius 1 is 0.375 bits per heavy atom. The summed E-state index contributed by atoms with van der Waals surface area (Å²) in [7, 11) is 0. The normalized spacial score (nSPS) is 11.5. The number of hydrogen-bond acceptors (Lipinski definition) is 2. The van der Waals surface area contributed by atoms with Crippen LogP contribution in [0.15, 0.2) is 156 Å². The van der Waals surface area contributed by atoms with E-state index in [0.717, 1.165) is 39.0 Å². The van der Waals surface area contributed by atoms with Crippen molar-refractivity contribution in [2.24, 2.45) is 0 Å². The minimum atomic E-state index is 0.889. The van der Waals surface area contributed by atoms with Gasteiger partial charge in [-0.25, -0.2) is 0 Å². The van der Waals surface area contributed by atoms with Crippen LogP contribution in [0, 0.1) is 0 Å². The van der Waals surface area contributed by atoms with Crippen molar-refractivity contribution < 1.29 is 4.42 Å². The third-order valence-corrected chi connectivity index (χ3v) is 7.83. The summed E-state index contributed by atoms with van der Waals surface area (Å²) < 4.78 is 6.56. The minimum Gasteiger partial charge on any atom is -0.456 e. The topological polar surface area (TPSA) is 16.4 Å². The van der Waals surface area contributed by atoms with Crippen molar-refractivity contribution in [1.29, 1.82) is 0 Å². The first-order valence-corrected chi connectivity index (χ1v) is 13.6. The Bertz CT molecular complexity index is 2120. The zero-order valence-corrected chi connectivity index (χ0v) is 21.8. The molecular formula is C38H25NO. The summed E-state index contributed by atoms with van der Waals surface area (Å²) in [6.45, 7) is 0. The average molecular weight is 512 g/mol. The molecule has 8 rings (SSSR count). The lowest BCUT2D eigenvalue weighted by atomic mass is 9.92. The number of nitrogens with zero attached hydrogens (tertiary/aromatic N) is 1. The maximum atomic E-state index is 6.56. The first kappa shape index (κ1) is 22.6. The van der Waals surface area contributed by atoms with E-state index in [2.05, 4.69) is 157 Å². The average Bonchev–Trinajstić information content (AvgIpc) is 3.40. The molecule has 0 atom stereocenters. The monoisotopic (exact) mass is 511 g/mol. The van der Waals surface area contributed by atoms with Crippen LogP contribution in [0.5, 0.6) is 0 Å². The molecule has 1 aromatic heterocycles. The van der Waals surface area contributed by atoms with Gasteiger partial charge < -0.3 is 9.32 Å². The van der Waals surface area contributed by atoms with Crippen LogP contribution in [0.3, 0.4) is 0 Å². The molecule has 2 nitrogen and oxygen atoms in total. The van der Waals surface area contributed by atoms with Crippen LogP contribution in [0.2, 0.25) is 0 Å². The van der Waals surface area contributed by atoms with Crippen LogP contribution < -0.4 is 4.90 Å². The van der Waals surface area contributed by atoms with Crippen molar-refractivity contribution in [2.75, 3.05) is 4.90 Å². The van der Waals surface area contributed by atoms with Gasteiger partial charge in [0, 0.05) is 27.8 Å². The third-order valence-electron chi connectivity index (χ3n) is 7.83. The minimum absolute atomic E-state index is 0.889. The van der Waals surface area contributed by atoms with E-state index in [9.17, 15) is 0 Å². The van der Waals surface area contributed by atoms with Crippen LogP contribution in [0.25, 0.3) is 54.6 Å². The summed E-state index contributed by atoms with van der Waals surface area (Å²) in [5.41, 5.74) is 7.52. The maximum absolute atomic E-state index is 6.56. The summed E-state index contributed by atoms with van der Waals surface area (Å²) in [6, 6.07) is 53.6. The predicted octanol–water partition coefficient (Wildman–Crippen LogP) is 11.0. The zero-order chi connectivity index (χ0) is 26.5. The van der Waals surface area contributed by atoms with Crippen molar-refractivity contribution in [3.05, 3.63) is 152 Å². The summed E-state index contributed by atoms with van der Waals surface area (Å²) in [5, 5.41) is 7.17. The molecule has 0 radical (unpaired) electrons. The van der Waals surface area contributed by atoms with Gasteiger partial charge in [0.25, 0.3) is 0 Å². The lowest BCUT2D eigenvalue weighted by molar-refractivity contribution is 0.669. The molecule has 8 aromatic rings. The molecule has 0 aliphatic rings. The van der Waals surface area contributed by atoms with Gasteiger partial charge >= 0.3 is 0 Å². The number of fused-ring (bicyclic) bond motifs is 6. The molecule has 0 aliphatic heterocycles. The van der Waals surface area contributed by atoms with E-state index in [-0.39, 0.29) is 0 Å². The molecule has 0 spiro atoms. The largest absolute Gasteiger partial charge is 0.456 e. The highest BCUT2D eigenvalue weighted by atomic mass is 16.3. The molecule has 188 valence electrons. The molecule has 0 fully saturated rings. The molecule has 7 aromatic carbocycles. The quantitative estimate of drug-likeness (QED) is 0.234. The molecule has 0 unspecified atom stereocenters. The van der Waals surface area contributed by atoms with Crippen LogP contribution in [-0.2, 0) is 0 Å². The van der Waals surface area contributed by atoms with Crippen molar-refractivity contribution in [2.45, 2.75) is 0 Å². The number of furan rings is 1. The smallest absolute Gasteiger partial charge is 0.136 e. The fourth-order valence-corrected chi connectivity index (χ4v) is 6.05. The van der Waals surface area contributed by atoms with E-state index in [0.29, 0.717) is 0 Å². The van der Waals surface area contributed by atoms with Crippen molar-refractivity contribution in [1.82, 2.24) is 0 Å². The van der Waals surface area contributed by atoms with Gasteiger partial charge in [-0.1, -0.05) is 103 Å². The van der Waals surface area contributed by atoms with E-state index in [4.69, 9.17) is 4.42 Å². The highest BCUT2D eigenvalue weighted by molar-refractivity contribution is 6.23. The van der Waals surface area contributed by atoms with Crippen molar-refractivity contribution in [3.63, 3.8) is 0 Å². The summed E-state index contributed by atoms with van der Waals surface area (Å²) >= 11 is 0. The molecule has 1 heterocycles. The van der Waals surface area contributed by atoms with Crippen LogP contribution >= 0.6 is 0 Å². The van der Waals surface area contributed by atoms with E-state index in [1.807, 2.05) is 0 Å². The highest BCUT2D eigenvalue weighted by Crippen LogP contribution is 2.44. The van der Waals surface area contributed by atoms with E-state index >= 15 is 0 Å². The van der Waals surface area contributed by atoms with Gasteiger partial charge in [0.2, 0.25) is 0 Å². The van der Waals surface area contributed by atoms with Gasteiger partial charge in [0.1, 0.15) is 11.2 Å². The van der Waals surface area contributed by atoms with Gasteiger partial charge in [-0.05, 0) is 81.2 Å². The first-order chi connectivity index (χ1) is 19.8. The van der Waals surface area contributed by atoms with Gasteiger partial charge in [0.05, 0.1) is 0 Å². The number of anilines is 3. The van der Waals surface area contributed by atoms with Crippen LogP contribution in [0.1, 0.15) is 0 Å². The fourth-order valence-electron chi connectivity index (χ4n) is 6.05. The Labute approximate surface area is 232 Å². The Morgan fingerprint density at radius 2 is 1.00 bits per heavy atom. The van der Waals surface area contributed by atoms with E-state index < -0.39 is 0 Å². The van der Waals surface area contributed by atoms with Crippen molar-refractivity contribution in [3.8, 4) is 11.1 Å². The molecule has 0 saturated carbocycles. The molecule has 0 saturated heterocycles. The Hall–Kier alpha value is -5.34. The Kier molecular flexibility index (Phi) is 5.17. The van der Waals surface area contributed by atoms with Crippen LogP contribution in [0.4, 0.5) is 17.1 Å². The van der Waals surface area contributed by atoms with Gasteiger partial charge in [-0.3, -0.25) is 0 Å².